The lowest BCUT2D eigenvalue weighted by Gasteiger charge is -2.41. The topological polar surface area (TPSA) is 93.2 Å². The first-order chi connectivity index (χ1) is 22.9. The van der Waals surface area contributed by atoms with Crippen LogP contribution in [0.4, 0.5) is 5.82 Å². The van der Waals surface area contributed by atoms with Crippen molar-refractivity contribution < 1.29 is 4.79 Å². The molecule has 0 bridgehead atoms. The summed E-state index contributed by atoms with van der Waals surface area (Å²) in [5.74, 6) is 1.23. The van der Waals surface area contributed by atoms with Gasteiger partial charge in [-0.05, 0) is 61.1 Å². The molecule has 9 heteroatoms. The zero-order valence-electron chi connectivity index (χ0n) is 27.5. The summed E-state index contributed by atoms with van der Waals surface area (Å²) in [4.78, 5) is 32.6. The van der Waals surface area contributed by atoms with E-state index in [1.807, 2.05) is 62.6 Å². The van der Waals surface area contributed by atoms with E-state index in [0.29, 0.717) is 23.3 Å². The van der Waals surface area contributed by atoms with E-state index in [4.69, 9.17) is 15.7 Å². The fraction of sp³-hybridized carbons (Fsp3) is 0.263. The smallest absolute Gasteiger partial charge is 0.210 e. The van der Waals surface area contributed by atoms with Crippen molar-refractivity contribution in [2.24, 2.45) is 0 Å². The summed E-state index contributed by atoms with van der Waals surface area (Å²) in [5, 5.41) is 0. The van der Waals surface area contributed by atoms with E-state index in [0.717, 1.165) is 76.8 Å². The van der Waals surface area contributed by atoms with E-state index in [2.05, 4.69) is 69.4 Å². The van der Waals surface area contributed by atoms with Gasteiger partial charge in [-0.1, -0.05) is 62.9 Å². The van der Waals surface area contributed by atoms with E-state index in [1.165, 1.54) is 5.56 Å². The number of pyridine rings is 2. The summed E-state index contributed by atoms with van der Waals surface area (Å²) in [6, 6.07) is 27.0. The highest BCUT2D eigenvalue weighted by molar-refractivity contribution is 8.02. The van der Waals surface area contributed by atoms with E-state index >= 15 is 0 Å². The molecular weight excluding hydrogens is 603 g/mol. The predicted octanol–water partition coefficient (Wildman–Crippen LogP) is 7.37. The Morgan fingerprint density at radius 3 is 2.36 bits per heavy atom. The quantitative estimate of drug-likeness (QED) is 0.175. The first-order valence-corrected chi connectivity index (χ1v) is 17.4. The van der Waals surface area contributed by atoms with Crippen LogP contribution in [0, 0.1) is 0 Å². The molecule has 3 aromatic heterocycles. The third-order valence-corrected chi connectivity index (χ3v) is 9.74. The van der Waals surface area contributed by atoms with Crippen molar-refractivity contribution in [3.05, 3.63) is 113 Å². The SMILES string of the molecule is C=C1C(=O)C(N(C)C2CCN(Cc3ccc(-n4c(-c5cccnc5N)nc5ccc(-c6ccccc6)nc54)cc3)CC2)=C1SC.CC. The van der Waals surface area contributed by atoms with Crippen LogP contribution in [0.25, 0.3) is 39.5 Å². The van der Waals surface area contributed by atoms with Crippen molar-refractivity contribution in [3.63, 3.8) is 0 Å². The lowest BCUT2D eigenvalue weighted by molar-refractivity contribution is -0.114. The van der Waals surface area contributed by atoms with Gasteiger partial charge in [-0.3, -0.25) is 14.3 Å². The number of Topliss-reactive ketones (excluding diaryl/α,β-unsaturated/α-hetero) is 1. The first kappa shape index (κ1) is 32.2. The monoisotopic (exact) mass is 643 g/mol. The molecule has 2 aliphatic rings. The number of likely N-dealkylation sites (N-methyl/N-ethyl adjacent to an activating group) is 1. The Morgan fingerprint density at radius 2 is 1.68 bits per heavy atom. The molecule has 0 saturated carbocycles. The number of benzene rings is 2. The van der Waals surface area contributed by atoms with Gasteiger partial charge in [0.2, 0.25) is 5.78 Å². The largest absolute Gasteiger partial charge is 0.383 e. The number of hydrogen-bond donors (Lipinski definition) is 1. The molecule has 1 fully saturated rings. The molecule has 1 aliphatic carbocycles. The Hall–Kier alpha value is -4.73. The lowest BCUT2D eigenvalue weighted by atomic mass is 9.93. The molecule has 47 heavy (non-hydrogen) atoms. The Balaban J connectivity index is 0.00000190. The molecule has 2 aromatic carbocycles. The van der Waals surface area contributed by atoms with Crippen LogP contribution < -0.4 is 5.73 Å². The van der Waals surface area contributed by atoms with Crippen LogP contribution in [-0.2, 0) is 11.3 Å². The summed E-state index contributed by atoms with van der Waals surface area (Å²) in [5.41, 5.74) is 14.3. The maximum atomic E-state index is 12.5. The number of likely N-dealkylation sites (tertiary alicyclic amines) is 1. The van der Waals surface area contributed by atoms with Gasteiger partial charge in [-0.2, -0.15) is 0 Å². The van der Waals surface area contributed by atoms with Crippen LogP contribution in [0.2, 0.25) is 0 Å². The molecule has 0 spiro atoms. The number of fused-ring (bicyclic) bond motifs is 1. The summed E-state index contributed by atoms with van der Waals surface area (Å²) >= 11 is 1.61. The molecule has 4 heterocycles. The van der Waals surface area contributed by atoms with Gasteiger partial charge in [0, 0.05) is 60.6 Å². The second-order valence-electron chi connectivity index (χ2n) is 11.6. The van der Waals surface area contributed by atoms with Gasteiger partial charge >= 0.3 is 0 Å². The van der Waals surface area contributed by atoms with Crippen molar-refractivity contribution in [3.8, 4) is 28.3 Å². The van der Waals surface area contributed by atoms with Crippen molar-refractivity contribution in [1.82, 2.24) is 29.3 Å². The third kappa shape index (κ3) is 6.21. The lowest BCUT2D eigenvalue weighted by Crippen LogP contribution is -2.46. The molecule has 2 N–H and O–H groups in total. The minimum atomic E-state index is 0.0934. The van der Waals surface area contributed by atoms with Crippen LogP contribution in [-0.4, -0.2) is 67.5 Å². The Kier molecular flexibility index (Phi) is 9.56. The second kappa shape index (κ2) is 13.9. The van der Waals surface area contributed by atoms with Gasteiger partial charge in [0.05, 0.1) is 17.0 Å². The number of piperidine rings is 1. The number of nitrogen functional groups attached to an aromatic ring is 1. The number of anilines is 1. The number of carbonyl (C=O) groups is 1. The van der Waals surface area contributed by atoms with Crippen LogP contribution in [0.1, 0.15) is 32.3 Å². The fourth-order valence-electron chi connectivity index (χ4n) is 6.38. The third-order valence-electron chi connectivity index (χ3n) is 8.89. The molecule has 0 radical (unpaired) electrons. The van der Waals surface area contributed by atoms with Crippen molar-refractivity contribution in [1.29, 1.82) is 0 Å². The Morgan fingerprint density at radius 1 is 0.957 bits per heavy atom. The van der Waals surface area contributed by atoms with Gasteiger partial charge < -0.3 is 10.6 Å². The van der Waals surface area contributed by atoms with Crippen molar-refractivity contribution >= 4 is 34.5 Å². The molecule has 8 nitrogen and oxygen atoms in total. The molecule has 0 atom stereocenters. The molecule has 1 aliphatic heterocycles. The second-order valence-corrected chi connectivity index (χ2v) is 12.4. The van der Waals surface area contributed by atoms with Crippen LogP contribution in [0.3, 0.4) is 0 Å². The number of aromatic nitrogens is 4. The van der Waals surface area contributed by atoms with E-state index in [-0.39, 0.29) is 5.78 Å². The number of carbonyl (C=O) groups excluding carboxylic acids is 1. The minimum Gasteiger partial charge on any atom is -0.383 e. The Labute approximate surface area is 281 Å². The molecule has 5 aromatic rings. The molecule has 0 amide bonds. The molecule has 7 rings (SSSR count). The summed E-state index contributed by atoms with van der Waals surface area (Å²) in [7, 11) is 2.06. The van der Waals surface area contributed by atoms with E-state index in [1.54, 1.807) is 18.0 Å². The average molecular weight is 644 g/mol. The highest BCUT2D eigenvalue weighted by Crippen LogP contribution is 2.39. The van der Waals surface area contributed by atoms with Gasteiger partial charge in [0.25, 0.3) is 0 Å². The van der Waals surface area contributed by atoms with Crippen LogP contribution >= 0.6 is 11.8 Å². The summed E-state index contributed by atoms with van der Waals surface area (Å²) in [6.07, 6.45) is 5.74. The van der Waals surface area contributed by atoms with Crippen LogP contribution in [0.5, 0.6) is 0 Å². The van der Waals surface area contributed by atoms with Gasteiger partial charge in [-0.15, -0.1) is 11.8 Å². The minimum absolute atomic E-state index is 0.0934. The number of ketones is 1. The number of hydrogen-bond acceptors (Lipinski definition) is 8. The molecule has 240 valence electrons. The van der Waals surface area contributed by atoms with Crippen LogP contribution in [0.15, 0.2) is 108 Å². The molecular formula is C38H41N7OS. The number of imidazole rings is 1. The van der Waals surface area contributed by atoms with Crippen molar-refractivity contribution in [2.75, 3.05) is 32.1 Å². The fourth-order valence-corrected chi connectivity index (χ4v) is 7.15. The average Bonchev–Trinajstić information content (AvgIpc) is 3.50. The number of rotatable bonds is 8. The van der Waals surface area contributed by atoms with Gasteiger partial charge in [0.1, 0.15) is 11.3 Å². The maximum Gasteiger partial charge on any atom is 0.210 e. The summed E-state index contributed by atoms with van der Waals surface area (Å²) < 4.78 is 2.08. The highest BCUT2D eigenvalue weighted by Gasteiger charge is 2.37. The maximum absolute atomic E-state index is 12.5. The summed E-state index contributed by atoms with van der Waals surface area (Å²) in [6.45, 7) is 10.8. The number of thioether (sulfide) groups is 1. The van der Waals surface area contributed by atoms with Crippen molar-refractivity contribution in [2.45, 2.75) is 39.3 Å². The van der Waals surface area contributed by atoms with E-state index in [9.17, 15) is 4.79 Å². The zero-order chi connectivity index (χ0) is 33.1. The number of nitrogens with two attached hydrogens (primary N) is 1. The van der Waals surface area contributed by atoms with E-state index < -0.39 is 0 Å². The standard InChI is InChI=1S/C36H35N7OS.C2H6/c1-23-32(44)31(33(23)45-3)41(2)26-17-20-42(21-18-26)22-24-11-13-27(14-12-24)43-35(28-10-7-19-38-34(28)37)40-30-16-15-29(39-36(30)43)25-8-5-4-6-9-25;1-2/h4-16,19,26H,1,17-18,20-22H2,2-3H3,(H2,37,38);1-2H3. The normalized spacial score (nSPS) is 15.4. The Bertz CT molecular complexity index is 1940. The highest BCUT2D eigenvalue weighted by atomic mass is 32.2. The predicted molar refractivity (Wildman–Crippen MR) is 194 cm³/mol. The molecule has 0 unspecified atom stereocenters. The number of nitrogens with zero attached hydrogens (tertiary/aromatic N) is 6. The van der Waals surface area contributed by atoms with Gasteiger partial charge in [0.15, 0.2) is 11.5 Å². The zero-order valence-corrected chi connectivity index (χ0v) is 28.3. The first-order valence-electron chi connectivity index (χ1n) is 16.2. The molecule has 1 saturated heterocycles. The van der Waals surface area contributed by atoms with Gasteiger partial charge in [-0.25, -0.2) is 15.0 Å². The number of allylic oxidation sites excluding steroid dienone is 2.